The molecule has 25 heavy (non-hydrogen) atoms. The molecule has 0 saturated heterocycles. The molecule has 1 aliphatic carbocycles. The molecule has 0 spiro atoms. The molecule has 1 saturated carbocycles. The second kappa shape index (κ2) is 5.73. The van der Waals surface area contributed by atoms with Gasteiger partial charge in [-0.05, 0) is 41.7 Å². The van der Waals surface area contributed by atoms with Crippen LogP contribution in [0.3, 0.4) is 0 Å². The van der Waals surface area contributed by atoms with Gasteiger partial charge in [0.25, 0.3) is 0 Å². The first-order valence-electron chi connectivity index (χ1n) is 8.17. The van der Waals surface area contributed by atoms with Crippen LogP contribution in [0.25, 0.3) is 16.8 Å². The Bertz CT molecular complexity index is 909. The number of nitrogens with one attached hydrogen (secondary N) is 1. The normalized spacial score (nSPS) is 14.9. The predicted octanol–water partition coefficient (Wildman–Crippen LogP) is 3.09. The third kappa shape index (κ3) is 2.55. The molecule has 0 bridgehead atoms. The number of carbonyl (C=O) groups is 1. The first-order valence-corrected chi connectivity index (χ1v) is 8.17. The van der Waals surface area contributed by atoms with E-state index >= 15 is 0 Å². The summed E-state index contributed by atoms with van der Waals surface area (Å²) in [6.07, 6.45) is 3.12. The number of rotatable bonds is 5. The van der Waals surface area contributed by atoms with E-state index in [1.807, 2.05) is 55.6 Å². The monoisotopic (exact) mass is 334 g/mol. The van der Waals surface area contributed by atoms with Gasteiger partial charge >= 0.3 is 5.97 Å². The summed E-state index contributed by atoms with van der Waals surface area (Å²) in [5.41, 5.74) is 3.29. The van der Waals surface area contributed by atoms with Gasteiger partial charge in [0.05, 0.1) is 17.3 Å². The molecule has 0 aliphatic heterocycles. The van der Waals surface area contributed by atoms with Gasteiger partial charge in [-0.15, -0.1) is 5.10 Å². The van der Waals surface area contributed by atoms with Gasteiger partial charge < -0.3 is 10.4 Å². The van der Waals surface area contributed by atoms with E-state index in [-0.39, 0.29) is 0 Å². The van der Waals surface area contributed by atoms with Crippen molar-refractivity contribution in [2.24, 2.45) is 0 Å². The molecule has 2 aromatic carbocycles. The van der Waals surface area contributed by atoms with Crippen molar-refractivity contribution in [1.29, 1.82) is 0 Å². The Morgan fingerprint density at radius 2 is 1.68 bits per heavy atom. The Morgan fingerprint density at radius 3 is 2.20 bits per heavy atom. The van der Waals surface area contributed by atoms with Crippen molar-refractivity contribution in [2.75, 3.05) is 12.4 Å². The average molecular weight is 334 g/mol. The molecule has 4 rings (SSSR count). The third-order valence-electron chi connectivity index (χ3n) is 4.85. The van der Waals surface area contributed by atoms with E-state index in [4.69, 9.17) is 0 Å². The number of hydrogen-bond acceptors (Lipinski definition) is 4. The SMILES string of the molecule is CNc1cnnn1-c1ccc(-c2ccc(C3(C(=O)O)CC3)cc2)cc1. The highest BCUT2D eigenvalue weighted by atomic mass is 16.4. The van der Waals surface area contributed by atoms with E-state index in [0.717, 1.165) is 41.0 Å². The van der Waals surface area contributed by atoms with Crippen molar-refractivity contribution in [2.45, 2.75) is 18.3 Å². The molecular formula is C19H18N4O2. The summed E-state index contributed by atoms with van der Waals surface area (Å²) in [5, 5.41) is 20.4. The lowest BCUT2D eigenvalue weighted by atomic mass is 9.94. The van der Waals surface area contributed by atoms with E-state index in [1.165, 1.54) is 0 Å². The summed E-state index contributed by atoms with van der Waals surface area (Å²) in [5.74, 6) is 0.0956. The number of anilines is 1. The molecule has 6 nitrogen and oxygen atoms in total. The quantitative estimate of drug-likeness (QED) is 0.749. The van der Waals surface area contributed by atoms with Crippen LogP contribution in [0.1, 0.15) is 18.4 Å². The molecule has 0 amide bonds. The highest BCUT2D eigenvalue weighted by Gasteiger charge is 2.51. The molecule has 1 fully saturated rings. The smallest absolute Gasteiger partial charge is 0.314 e. The number of nitrogens with zero attached hydrogens (tertiary/aromatic N) is 3. The number of carboxylic acid groups (broad SMARTS) is 1. The summed E-state index contributed by atoms with van der Waals surface area (Å²) in [4.78, 5) is 11.4. The second-order valence-electron chi connectivity index (χ2n) is 6.29. The Hall–Kier alpha value is -3.15. The molecule has 1 aromatic heterocycles. The van der Waals surface area contributed by atoms with E-state index in [1.54, 1.807) is 10.9 Å². The van der Waals surface area contributed by atoms with Crippen LogP contribution in [-0.4, -0.2) is 33.1 Å². The van der Waals surface area contributed by atoms with Gasteiger partial charge in [-0.25, -0.2) is 0 Å². The van der Waals surface area contributed by atoms with Crippen LogP contribution in [0.4, 0.5) is 5.82 Å². The van der Waals surface area contributed by atoms with Gasteiger partial charge in [-0.3, -0.25) is 4.79 Å². The van der Waals surface area contributed by atoms with Gasteiger partial charge in [0.2, 0.25) is 0 Å². The van der Waals surface area contributed by atoms with Crippen LogP contribution in [-0.2, 0) is 10.2 Å². The maximum atomic E-state index is 11.4. The van der Waals surface area contributed by atoms with E-state index < -0.39 is 11.4 Å². The molecule has 1 aliphatic rings. The summed E-state index contributed by atoms with van der Waals surface area (Å²) in [7, 11) is 1.83. The number of aliphatic carboxylic acids is 1. The van der Waals surface area contributed by atoms with Crippen molar-refractivity contribution < 1.29 is 9.90 Å². The van der Waals surface area contributed by atoms with Crippen LogP contribution in [0.15, 0.2) is 54.7 Å². The topological polar surface area (TPSA) is 80.0 Å². The minimum atomic E-state index is -0.724. The fourth-order valence-electron chi connectivity index (χ4n) is 3.12. The van der Waals surface area contributed by atoms with Gasteiger partial charge in [-0.1, -0.05) is 41.6 Å². The minimum Gasteiger partial charge on any atom is -0.481 e. The molecule has 0 atom stereocenters. The van der Waals surface area contributed by atoms with Crippen molar-refractivity contribution in [3.8, 4) is 16.8 Å². The number of hydrogen-bond donors (Lipinski definition) is 2. The lowest BCUT2D eigenvalue weighted by molar-refractivity contribution is -0.140. The number of carboxylic acids is 1. The van der Waals surface area contributed by atoms with Crippen molar-refractivity contribution in [1.82, 2.24) is 15.0 Å². The van der Waals surface area contributed by atoms with Crippen LogP contribution >= 0.6 is 0 Å². The zero-order valence-corrected chi connectivity index (χ0v) is 13.8. The number of benzene rings is 2. The Balaban J connectivity index is 1.59. The molecule has 126 valence electrons. The highest BCUT2D eigenvalue weighted by Crippen LogP contribution is 2.48. The van der Waals surface area contributed by atoms with E-state index in [2.05, 4.69) is 15.6 Å². The first kappa shape index (κ1) is 15.4. The summed E-state index contributed by atoms with van der Waals surface area (Å²) in [6, 6.07) is 15.9. The van der Waals surface area contributed by atoms with Crippen LogP contribution in [0.2, 0.25) is 0 Å². The molecular weight excluding hydrogens is 316 g/mol. The number of aromatic nitrogens is 3. The largest absolute Gasteiger partial charge is 0.481 e. The van der Waals surface area contributed by atoms with E-state index in [0.29, 0.717) is 0 Å². The summed E-state index contributed by atoms with van der Waals surface area (Å²) >= 11 is 0. The van der Waals surface area contributed by atoms with E-state index in [9.17, 15) is 9.90 Å². The molecule has 2 N–H and O–H groups in total. The van der Waals surface area contributed by atoms with Gasteiger partial charge in [0, 0.05) is 7.05 Å². The maximum absolute atomic E-state index is 11.4. The van der Waals surface area contributed by atoms with Gasteiger partial charge in [0.15, 0.2) is 0 Å². The second-order valence-corrected chi connectivity index (χ2v) is 6.29. The van der Waals surface area contributed by atoms with Crippen molar-refractivity contribution >= 4 is 11.8 Å². The lowest BCUT2D eigenvalue weighted by Crippen LogP contribution is -2.19. The van der Waals surface area contributed by atoms with Crippen molar-refractivity contribution in [3.63, 3.8) is 0 Å². The fraction of sp³-hybridized carbons (Fsp3) is 0.211. The first-order chi connectivity index (χ1) is 12.1. The molecule has 0 radical (unpaired) electrons. The van der Waals surface area contributed by atoms with Crippen LogP contribution in [0, 0.1) is 0 Å². The minimum absolute atomic E-state index is 0.654. The summed E-state index contributed by atoms with van der Waals surface area (Å²) in [6.45, 7) is 0. The maximum Gasteiger partial charge on any atom is 0.314 e. The van der Waals surface area contributed by atoms with Crippen LogP contribution < -0.4 is 5.32 Å². The predicted molar refractivity (Wildman–Crippen MR) is 94.9 cm³/mol. The Morgan fingerprint density at radius 1 is 1.08 bits per heavy atom. The Labute approximate surface area is 145 Å². The zero-order chi connectivity index (χ0) is 17.4. The highest BCUT2D eigenvalue weighted by molar-refractivity contribution is 5.85. The third-order valence-corrected chi connectivity index (χ3v) is 4.85. The van der Waals surface area contributed by atoms with Crippen LogP contribution in [0.5, 0.6) is 0 Å². The van der Waals surface area contributed by atoms with Crippen molar-refractivity contribution in [3.05, 3.63) is 60.3 Å². The lowest BCUT2D eigenvalue weighted by Gasteiger charge is -2.11. The zero-order valence-electron chi connectivity index (χ0n) is 13.8. The molecule has 0 unspecified atom stereocenters. The summed E-state index contributed by atoms with van der Waals surface area (Å²) < 4.78 is 1.73. The Kier molecular flexibility index (Phi) is 3.53. The average Bonchev–Trinajstić information content (AvgIpc) is 3.33. The molecule has 3 aromatic rings. The van der Waals surface area contributed by atoms with Gasteiger partial charge in [0.1, 0.15) is 5.82 Å². The molecule has 6 heteroatoms. The fourth-order valence-corrected chi connectivity index (χ4v) is 3.12. The molecule has 1 heterocycles. The van der Waals surface area contributed by atoms with Gasteiger partial charge in [-0.2, -0.15) is 4.68 Å². The standard InChI is InChI=1S/C19H18N4O2/c1-20-17-12-21-22-23(17)16-8-4-14(5-9-16)13-2-6-15(7-3-13)19(10-11-19)18(24)25/h2-9,12,20H,10-11H2,1H3,(H,24,25).